The van der Waals surface area contributed by atoms with E-state index < -0.39 is 0 Å². The number of methoxy groups -OCH3 is 1. The van der Waals surface area contributed by atoms with E-state index in [2.05, 4.69) is 38.4 Å². The minimum atomic E-state index is 0.627. The van der Waals surface area contributed by atoms with Crippen LogP contribution in [0.3, 0.4) is 0 Å². The topological polar surface area (TPSA) is 72.4 Å². The van der Waals surface area contributed by atoms with Gasteiger partial charge in [0, 0.05) is 24.7 Å². The van der Waals surface area contributed by atoms with Crippen LogP contribution in [0.2, 0.25) is 0 Å². The Kier molecular flexibility index (Phi) is 6.70. The number of rotatable bonds is 8. The van der Waals surface area contributed by atoms with Crippen molar-refractivity contribution in [3.63, 3.8) is 0 Å². The normalized spacial score (nSPS) is 14.2. The highest BCUT2D eigenvalue weighted by atomic mass is 16.5. The van der Waals surface area contributed by atoms with Gasteiger partial charge in [0.1, 0.15) is 5.82 Å². The summed E-state index contributed by atoms with van der Waals surface area (Å²) in [6.07, 6.45) is 6.86. The second-order valence-corrected chi connectivity index (χ2v) is 8.43. The molecule has 2 aromatic carbocycles. The number of para-hydroxylation sites is 1. The van der Waals surface area contributed by atoms with Gasteiger partial charge in [0.05, 0.1) is 31.1 Å². The summed E-state index contributed by atoms with van der Waals surface area (Å²) >= 11 is 0. The minimum Gasteiger partial charge on any atom is -0.493 e. The van der Waals surface area contributed by atoms with E-state index in [4.69, 9.17) is 14.5 Å². The van der Waals surface area contributed by atoms with E-state index in [-0.39, 0.29) is 0 Å². The molecule has 1 saturated heterocycles. The van der Waals surface area contributed by atoms with E-state index in [1.54, 1.807) is 13.2 Å². The van der Waals surface area contributed by atoms with Crippen molar-refractivity contribution in [1.82, 2.24) is 15.0 Å². The third-order valence-corrected chi connectivity index (χ3v) is 6.19. The molecule has 1 fully saturated rings. The van der Waals surface area contributed by atoms with Crippen LogP contribution in [0.15, 0.2) is 67.0 Å². The number of piperidine rings is 1. The van der Waals surface area contributed by atoms with Crippen LogP contribution in [-0.4, -0.2) is 41.8 Å². The number of anilines is 3. The van der Waals surface area contributed by atoms with E-state index in [1.165, 1.54) is 0 Å². The molecule has 0 spiro atoms. The predicted octanol–water partition coefficient (Wildman–Crippen LogP) is 5.26. The van der Waals surface area contributed by atoms with Crippen LogP contribution >= 0.6 is 0 Å². The van der Waals surface area contributed by atoms with Gasteiger partial charge in [0.25, 0.3) is 0 Å². The maximum atomic E-state index is 5.94. The Bertz CT molecular complexity index is 1240. The molecule has 0 aliphatic carbocycles. The lowest BCUT2D eigenvalue weighted by Crippen LogP contribution is -2.35. The van der Waals surface area contributed by atoms with Crippen molar-refractivity contribution in [2.24, 2.45) is 5.92 Å². The van der Waals surface area contributed by atoms with Crippen molar-refractivity contribution in [1.29, 1.82) is 0 Å². The zero-order valence-corrected chi connectivity index (χ0v) is 19.3. The summed E-state index contributed by atoms with van der Waals surface area (Å²) in [5.74, 6) is 3.66. The molecule has 3 heterocycles. The fourth-order valence-corrected chi connectivity index (χ4v) is 4.29. The van der Waals surface area contributed by atoms with Gasteiger partial charge in [-0.25, -0.2) is 4.98 Å². The molecule has 1 N–H and O–H groups in total. The average molecular weight is 455 g/mol. The van der Waals surface area contributed by atoms with Crippen molar-refractivity contribution in [3.05, 3.63) is 73.1 Å². The SMILES string of the molecule is COc1c[c]ccc1OCCC1CCN(c2nccc(Nc3cnc4ccccc4c3)n2)CC1. The Morgan fingerprint density at radius 3 is 2.85 bits per heavy atom. The molecule has 2 aromatic heterocycles. The van der Waals surface area contributed by atoms with Gasteiger partial charge in [-0.1, -0.05) is 24.3 Å². The second-order valence-electron chi connectivity index (χ2n) is 8.43. The molecule has 7 nitrogen and oxygen atoms in total. The number of aromatic nitrogens is 3. The summed E-state index contributed by atoms with van der Waals surface area (Å²) in [6.45, 7) is 2.56. The molecule has 0 amide bonds. The first-order chi connectivity index (χ1) is 16.8. The van der Waals surface area contributed by atoms with Crippen LogP contribution in [0, 0.1) is 12.0 Å². The highest BCUT2D eigenvalue weighted by molar-refractivity contribution is 5.82. The Balaban J connectivity index is 1.14. The van der Waals surface area contributed by atoms with E-state index in [1.807, 2.05) is 48.8 Å². The molecule has 34 heavy (non-hydrogen) atoms. The van der Waals surface area contributed by atoms with E-state index >= 15 is 0 Å². The van der Waals surface area contributed by atoms with Crippen molar-refractivity contribution in [2.45, 2.75) is 19.3 Å². The van der Waals surface area contributed by atoms with Gasteiger partial charge in [-0.3, -0.25) is 4.98 Å². The smallest absolute Gasteiger partial charge is 0.227 e. The number of fused-ring (bicyclic) bond motifs is 1. The van der Waals surface area contributed by atoms with Gasteiger partial charge < -0.3 is 19.7 Å². The quantitative estimate of drug-likeness (QED) is 0.389. The zero-order chi connectivity index (χ0) is 23.2. The van der Waals surface area contributed by atoms with Crippen LogP contribution in [0.4, 0.5) is 17.5 Å². The third-order valence-electron chi connectivity index (χ3n) is 6.19. The number of pyridine rings is 1. The highest BCUT2D eigenvalue weighted by Crippen LogP contribution is 2.28. The van der Waals surface area contributed by atoms with Gasteiger partial charge in [-0.15, -0.1) is 0 Å². The summed E-state index contributed by atoms with van der Waals surface area (Å²) in [6, 6.07) is 20.6. The molecule has 0 bridgehead atoms. The molecule has 173 valence electrons. The monoisotopic (exact) mass is 454 g/mol. The lowest BCUT2D eigenvalue weighted by Gasteiger charge is -2.32. The maximum Gasteiger partial charge on any atom is 0.227 e. The summed E-state index contributed by atoms with van der Waals surface area (Å²) in [7, 11) is 1.65. The lowest BCUT2D eigenvalue weighted by atomic mass is 9.94. The first-order valence-corrected chi connectivity index (χ1v) is 11.7. The number of ether oxygens (including phenoxy) is 2. The van der Waals surface area contributed by atoms with Crippen molar-refractivity contribution in [3.8, 4) is 11.5 Å². The van der Waals surface area contributed by atoms with Gasteiger partial charge in [-0.05, 0) is 61.6 Å². The molecule has 5 rings (SSSR count). The predicted molar refractivity (Wildman–Crippen MR) is 134 cm³/mol. The zero-order valence-electron chi connectivity index (χ0n) is 19.3. The number of benzene rings is 2. The fraction of sp³-hybridized carbons (Fsp3) is 0.296. The van der Waals surface area contributed by atoms with Crippen molar-refractivity contribution >= 4 is 28.4 Å². The van der Waals surface area contributed by atoms with E-state index in [0.717, 1.165) is 72.2 Å². The number of nitrogens with one attached hydrogen (secondary N) is 1. The largest absolute Gasteiger partial charge is 0.493 e. The number of nitrogens with zero attached hydrogens (tertiary/aromatic N) is 4. The second kappa shape index (κ2) is 10.4. The molecule has 1 aliphatic rings. The van der Waals surface area contributed by atoms with Crippen LogP contribution in [0.5, 0.6) is 11.5 Å². The minimum absolute atomic E-state index is 0.627. The van der Waals surface area contributed by atoms with Crippen LogP contribution in [-0.2, 0) is 0 Å². The molecule has 4 aromatic rings. The molecule has 1 radical (unpaired) electrons. The summed E-state index contributed by atoms with van der Waals surface area (Å²) < 4.78 is 11.3. The van der Waals surface area contributed by atoms with Gasteiger partial charge in [-0.2, -0.15) is 4.98 Å². The molecule has 1 aliphatic heterocycles. The number of hydrogen-bond donors (Lipinski definition) is 1. The van der Waals surface area contributed by atoms with Gasteiger partial charge in [0.2, 0.25) is 5.95 Å². The Morgan fingerprint density at radius 1 is 1.09 bits per heavy atom. The lowest BCUT2D eigenvalue weighted by molar-refractivity contribution is 0.248. The van der Waals surface area contributed by atoms with Crippen molar-refractivity contribution in [2.75, 3.05) is 37.0 Å². The first kappa shape index (κ1) is 21.9. The maximum absolute atomic E-state index is 5.94. The van der Waals surface area contributed by atoms with Gasteiger partial charge >= 0.3 is 0 Å². The summed E-state index contributed by atoms with van der Waals surface area (Å²) in [5.41, 5.74) is 1.89. The molecular weight excluding hydrogens is 426 g/mol. The standard InChI is InChI=1S/C27H28N5O2/c1-33-24-8-4-5-9-25(24)34-17-13-20-11-15-32(16-12-20)27-28-14-10-26(31-27)30-22-18-21-6-2-3-7-23(21)29-19-22/h2-3,5-10,14,18-20H,11-13,15-17H2,1H3,(H,28,30,31). The fourth-order valence-electron chi connectivity index (χ4n) is 4.29. The van der Waals surface area contributed by atoms with Gasteiger partial charge in [0.15, 0.2) is 11.5 Å². The van der Waals surface area contributed by atoms with Crippen LogP contribution < -0.4 is 19.7 Å². The molecule has 0 atom stereocenters. The molecular formula is C27H28N5O2. The Hall–Kier alpha value is -3.87. The van der Waals surface area contributed by atoms with E-state index in [9.17, 15) is 0 Å². The third kappa shape index (κ3) is 5.20. The van der Waals surface area contributed by atoms with Crippen LogP contribution in [0.1, 0.15) is 19.3 Å². The summed E-state index contributed by atoms with van der Waals surface area (Å²) in [4.78, 5) is 16.0. The molecule has 7 heteroatoms. The van der Waals surface area contributed by atoms with Crippen LogP contribution in [0.25, 0.3) is 10.9 Å². The van der Waals surface area contributed by atoms with Crippen molar-refractivity contribution < 1.29 is 9.47 Å². The number of hydrogen-bond acceptors (Lipinski definition) is 7. The molecule has 0 unspecified atom stereocenters. The molecule has 0 saturated carbocycles. The highest BCUT2D eigenvalue weighted by Gasteiger charge is 2.21. The summed E-state index contributed by atoms with van der Waals surface area (Å²) in [5, 5.41) is 4.46. The average Bonchev–Trinajstić information content (AvgIpc) is 2.89. The Labute approximate surface area is 199 Å². The first-order valence-electron chi connectivity index (χ1n) is 11.7. The Morgan fingerprint density at radius 2 is 1.97 bits per heavy atom. The van der Waals surface area contributed by atoms with E-state index in [0.29, 0.717) is 12.5 Å².